The summed E-state index contributed by atoms with van der Waals surface area (Å²) in [6, 6.07) is 14.2. The molecule has 5 nitrogen and oxygen atoms in total. The van der Waals surface area contributed by atoms with E-state index in [9.17, 15) is 9.59 Å². The lowest BCUT2D eigenvalue weighted by atomic mass is 10.1. The van der Waals surface area contributed by atoms with Crippen molar-refractivity contribution in [1.82, 2.24) is 5.32 Å². The summed E-state index contributed by atoms with van der Waals surface area (Å²) in [5.41, 5.74) is 1.79. The Morgan fingerprint density at radius 1 is 1.08 bits per heavy atom. The Morgan fingerprint density at radius 3 is 2.46 bits per heavy atom. The Balaban J connectivity index is 2.06. The standard InChI is InChI=1S/C19H20N2O3/c1-3-20-19(23)16-6-4-5-7-17(16)21-18(22)13-10-14-8-11-15(24-2)12-9-14/h4-13H,3H2,1-2H3,(H,20,23)(H,21,22)/b13-10+. The monoisotopic (exact) mass is 324 g/mol. The maximum absolute atomic E-state index is 12.1. The first-order valence-corrected chi connectivity index (χ1v) is 7.64. The number of ether oxygens (including phenoxy) is 1. The van der Waals surface area contributed by atoms with Crippen molar-refractivity contribution in [3.8, 4) is 5.75 Å². The average Bonchev–Trinajstić information content (AvgIpc) is 2.61. The topological polar surface area (TPSA) is 67.4 Å². The molecule has 0 spiro atoms. The number of anilines is 1. The first-order valence-electron chi connectivity index (χ1n) is 7.64. The molecular formula is C19H20N2O3. The van der Waals surface area contributed by atoms with E-state index in [-0.39, 0.29) is 11.8 Å². The van der Waals surface area contributed by atoms with Crippen LogP contribution in [0.4, 0.5) is 5.69 Å². The minimum atomic E-state index is -0.303. The molecule has 2 N–H and O–H groups in total. The molecule has 0 saturated heterocycles. The zero-order valence-corrected chi connectivity index (χ0v) is 13.7. The molecule has 5 heteroatoms. The average molecular weight is 324 g/mol. The van der Waals surface area contributed by atoms with Gasteiger partial charge < -0.3 is 15.4 Å². The Labute approximate surface area is 141 Å². The quantitative estimate of drug-likeness (QED) is 0.802. The molecule has 24 heavy (non-hydrogen) atoms. The number of benzene rings is 2. The molecular weight excluding hydrogens is 304 g/mol. The molecule has 2 aromatic rings. The highest BCUT2D eigenvalue weighted by molar-refractivity contribution is 6.07. The minimum absolute atomic E-state index is 0.215. The van der Waals surface area contributed by atoms with E-state index in [0.717, 1.165) is 11.3 Å². The van der Waals surface area contributed by atoms with Crippen LogP contribution in [-0.4, -0.2) is 25.5 Å². The Kier molecular flexibility index (Phi) is 6.14. The zero-order chi connectivity index (χ0) is 17.4. The van der Waals surface area contributed by atoms with Gasteiger partial charge in [-0.15, -0.1) is 0 Å². The maximum Gasteiger partial charge on any atom is 0.253 e. The van der Waals surface area contributed by atoms with Gasteiger partial charge in [-0.2, -0.15) is 0 Å². The van der Waals surface area contributed by atoms with Crippen LogP contribution in [-0.2, 0) is 4.79 Å². The highest BCUT2D eigenvalue weighted by Gasteiger charge is 2.10. The van der Waals surface area contributed by atoms with Gasteiger partial charge in [0.1, 0.15) is 5.75 Å². The van der Waals surface area contributed by atoms with Crippen LogP contribution >= 0.6 is 0 Å². The van der Waals surface area contributed by atoms with Crippen LogP contribution in [0.15, 0.2) is 54.6 Å². The summed E-state index contributed by atoms with van der Waals surface area (Å²) in [6.45, 7) is 2.37. The van der Waals surface area contributed by atoms with Gasteiger partial charge in [0.05, 0.1) is 18.4 Å². The lowest BCUT2D eigenvalue weighted by Gasteiger charge is -2.09. The van der Waals surface area contributed by atoms with Crippen LogP contribution < -0.4 is 15.4 Å². The van der Waals surface area contributed by atoms with E-state index in [1.807, 2.05) is 31.2 Å². The molecule has 0 atom stereocenters. The molecule has 0 heterocycles. The van der Waals surface area contributed by atoms with Crippen molar-refractivity contribution in [2.75, 3.05) is 19.0 Å². The first kappa shape index (κ1) is 17.3. The summed E-state index contributed by atoms with van der Waals surface area (Å²) in [5, 5.41) is 5.46. The predicted octanol–water partition coefficient (Wildman–Crippen LogP) is 3.10. The van der Waals surface area contributed by atoms with Crippen LogP contribution in [0.1, 0.15) is 22.8 Å². The van der Waals surface area contributed by atoms with E-state index < -0.39 is 0 Å². The summed E-state index contributed by atoms with van der Waals surface area (Å²) < 4.78 is 5.09. The van der Waals surface area contributed by atoms with Gasteiger partial charge in [-0.1, -0.05) is 24.3 Å². The van der Waals surface area contributed by atoms with Gasteiger partial charge in [0.25, 0.3) is 5.91 Å². The SMILES string of the molecule is CCNC(=O)c1ccccc1NC(=O)/C=C/c1ccc(OC)cc1. The van der Waals surface area contributed by atoms with Crippen LogP contribution in [0, 0.1) is 0 Å². The van der Waals surface area contributed by atoms with Gasteiger partial charge in [0.15, 0.2) is 0 Å². The Hall–Kier alpha value is -3.08. The van der Waals surface area contributed by atoms with Crippen molar-refractivity contribution in [1.29, 1.82) is 0 Å². The lowest BCUT2D eigenvalue weighted by molar-refractivity contribution is -0.111. The molecule has 0 radical (unpaired) electrons. The number of methoxy groups -OCH3 is 1. The largest absolute Gasteiger partial charge is 0.497 e. The maximum atomic E-state index is 12.1. The third kappa shape index (κ3) is 4.71. The van der Waals surface area contributed by atoms with Gasteiger partial charge in [-0.3, -0.25) is 9.59 Å². The third-order valence-electron chi connectivity index (χ3n) is 3.31. The van der Waals surface area contributed by atoms with Crippen LogP contribution in [0.3, 0.4) is 0 Å². The van der Waals surface area contributed by atoms with E-state index in [2.05, 4.69) is 10.6 Å². The Bertz CT molecular complexity index is 737. The van der Waals surface area contributed by atoms with Gasteiger partial charge >= 0.3 is 0 Å². The number of carbonyl (C=O) groups is 2. The van der Waals surface area contributed by atoms with Crippen molar-refractivity contribution in [3.63, 3.8) is 0 Å². The first-order chi connectivity index (χ1) is 11.6. The predicted molar refractivity (Wildman–Crippen MR) is 95.1 cm³/mol. The molecule has 0 aliphatic heterocycles. The van der Waals surface area contributed by atoms with Crippen LogP contribution in [0.25, 0.3) is 6.08 Å². The third-order valence-corrected chi connectivity index (χ3v) is 3.31. The molecule has 0 aromatic heterocycles. The van der Waals surface area contributed by atoms with Crippen LogP contribution in [0.2, 0.25) is 0 Å². The summed E-state index contributed by atoms with van der Waals surface area (Å²) in [4.78, 5) is 24.1. The van der Waals surface area contributed by atoms with Crippen molar-refractivity contribution in [2.45, 2.75) is 6.92 Å². The molecule has 2 amide bonds. The highest BCUT2D eigenvalue weighted by atomic mass is 16.5. The number of hydrogen-bond donors (Lipinski definition) is 2. The molecule has 0 aliphatic rings. The number of nitrogens with one attached hydrogen (secondary N) is 2. The van der Waals surface area contributed by atoms with Crippen molar-refractivity contribution < 1.29 is 14.3 Å². The van der Waals surface area contributed by atoms with Crippen molar-refractivity contribution >= 4 is 23.6 Å². The fraction of sp³-hybridized carbons (Fsp3) is 0.158. The fourth-order valence-corrected chi connectivity index (χ4v) is 2.11. The van der Waals surface area contributed by atoms with Crippen molar-refractivity contribution in [3.05, 3.63) is 65.7 Å². The molecule has 0 unspecified atom stereocenters. The molecule has 124 valence electrons. The number of rotatable bonds is 6. The van der Waals surface area contributed by atoms with Crippen LogP contribution in [0.5, 0.6) is 5.75 Å². The van der Waals surface area contributed by atoms with Gasteiger partial charge in [-0.25, -0.2) is 0 Å². The van der Waals surface area contributed by atoms with Gasteiger partial charge in [0.2, 0.25) is 5.91 Å². The second-order valence-corrected chi connectivity index (χ2v) is 5.00. The molecule has 2 aromatic carbocycles. The van der Waals surface area contributed by atoms with E-state index in [4.69, 9.17) is 4.74 Å². The number of para-hydroxylation sites is 1. The Morgan fingerprint density at radius 2 is 1.79 bits per heavy atom. The number of carbonyl (C=O) groups excluding carboxylic acids is 2. The van der Waals surface area contributed by atoms with E-state index in [0.29, 0.717) is 17.8 Å². The highest BCUT2D eigenvalue weighted by Crippen LogP contribution is 2.16. The second kappa shape index (κ2) is 8.53. The molecule has 0 saturated carbocycles. The fourth-order valence-electron chi connectivity index (χ4n) is 2.11. The molecule has 2 rings (SSSR count). The smallest absolute Gasteiger partial charge is 0.253 e. The van der Waals surface area contributed by atoms with Gasteiger partial charge in [0, 0.05) is 12.6 Å². The molecule has 0 fully saturated rings. The molecule has 0 aliphatic carbocycles. The van der Waals surface area contributed by atoms with Crippen molar-refractivity contribution in [2.24, 2.45) is 0 Å². The van der Waals surface area contributed by atoms with Gasteiger partial charge in [-0.05, 0) is 42.8 Å². The normalized spacial score (nSPS) is 10.4. The van der Waals surface area contributed by atoms with E-state index in [1.54, 1.807) is 37.5 Å². The lowest BCUT2D eigenvalue weighted by Crippen LogP contribution is -2.24. The second-order valence-electron chi connectivity index (χ2n) is 5.00. The summed E-state index contributed by atoms with van der Waals surface area (Å²) in [6.07, 6.45) is 3.12. The van der Waals surface area contributed by atoms with E-state index >= 15 is 0 Å². The zero-order valence-electron chi connectivity index (χ0n) is 13.7. The summed E-state index contributed by atoms with van der Waals surface area (Å²) in [5.74, 6) is 0.238. The van der Waals surface area contributed by atoms with E-state index in [1.165, 1.54) is 6.08 Å². The summed E-state index contributed by atoms with van der Waals surface area (Å²) >= 11 is 0. The summed E-state index contributed by atoms with van der Waals surface area (Å²) in [7, 11) is 1.60. The molecule has 0 bridgehead atoms. The minimum Gasteiger partial charge on any atom is -0.497 e. The number of amides is 2. The number of hydrogen-bond acceptors (Lipinski definition) is 3.